The third-order valence-corrected chi connectivity index (χ3v) is 4.91. The summed E-state index contributed by atoms with van der Waals surface area (Å²) in [6.45, 7) is 2.53. The minimum absolute atomic E-state index is 0.0671. The summed E-state index contributed by atoms with van der Waals surface area (Å²) in [7, 11) is 0. The molecule has 0 aliphatic carbocycles. The summed E-state index contributed by atoms with van der Waals surface area (Å²) in [5, 5.41) is 23.4. The maximum atomic E-state index is 10.9. The number of hydrogen-bond acceptors (Lipinski definition) is 3. The second kappa shape index (κ2) is 8.24. The predicted octanol–water partition coefficient (Wildman–Crippen LogP) is 6.18. The quantitative estimate of drug-likeness (QED) is 0.317. The Morgan fingerprint density at radius 1 is 0.966 bits per heavy atom. The number of azo groups is 1. The number of thiocarbonyl (C=S) groups is 1. The van der Waals surface area contributed by atoms with E-state index in [9.17, 15) is 5.11 Å². The van der Waals surface area contributed by atoms with Crippen molar-refractivity contribution in [2.75, 3.05) is 5.32 Å². The average Bonchev–Trinajstić information content (AvgIpc) is 3.00. The number of anilines is 1. The second-order valence-corrected chi connectivity index (χ2v) is 7.09. The van der Waals surface area contributed by atoms with Crippen LogP contribution in [0.15, 0.2) is 89.1 Å². The van der Waals surface area contributed by atoms with Crippen molar-refractivity contribution < 1.29 is 5.11 Å². The highest BCUT2D eigenvalue weighted by atomic mass is 32.1. The summed E-state index contributed by atoms with van der Waals surface area (Å²) in [5.41, 5.74) is 4.33. The van der Waals surface area contributed by atoms with Gasteiger partial charge in [0.2, 0.25) is 11.0 Å². The van der Waals surface area contributed by atoms with Crippen LogP contribution in [0.4, 0.5) is 11.4 Å². The summed E-state index contributed by atoms with van der Waals surface area (Å²) < 4.78 is 1.83. The van der Waals surface area contributed by atoms with Gasteiger partial charge < -0.3 is 15.0 Å². The molecule has 4 rings (SSSR count). The maximum absolute atomic E-state index is 10.9. The molecule has 0 saturated carbocycles. The van der Waals surface area contributed by atoms with Crippen molar-refractivity contribution in [2.24, 2.45) is 10.2 Å². The molecule has 0 bridgehead atoms. The summed E-state index contributed by atoms with van der Waals surface area (Å²) in [6, 6.07) is 25.5. The predicted molar refractivity (Wildman–Crippen MR) is 121 cm³/mol. The molecular weight excluding hydrogens is 380 g/mol. The molecule has 0 aliphatic heterocycles. The monoisotopic (exact) mass is 400 g/mol. The van der Waals surface area contributed by atoms with E-state index in [-0.39, 0.29) is 11.0 Å². The Balaban J connectivity index is 1.65. The first-order chi connectivity index (χ1) is 14.1. The van der Waals surface area contributed by atoms with Crippen LogP contribution in [0.1, 0.15) is 11.1 Å². The van der Waals surface area contributed by atoms with Gasteiger partial charge >= 0.3 is 0 Å². The number of aromatic hydroxyl groups is 1. The first-order valence-electron chi connectivity index (χ1n) is 9.26. The van der Waals surface area contributed by atoms with Crippen LogP contribution >= 0.6 is 12.2 Å². The van der Waals surface area contributed by atoms with Gasteiger partial charge in [-0.1, -0.05) is 66.7 Å². The van der Waals surface area contributed by atoms with Crippen molar-refractivity contribution in [3.63, 3.8) is 0 Å². The first-order valence-corrected chi connectivity index (χ1v) is 9.67. The molecule has 0 spiro atoms. The third kappa shape index (κ3) is 4.02. The van der Waals surface area contributed by atoms with E-state index < -0.39 is 0 Å². The fourth-order valence-electron chi connectivity index (χ4n) is 3.25. The van der Waals surface area contributed by atoms with Crippen LogP contribution < -0.4 is 5.32 Å². The largest absolute Gasteiger partial charge is 0.493 e. The van der Waals surface area contributed by atoms with Crippen molar-refractivity contribution in [3.05, 3.63) is 90.0 Å². The van der Waals surface area contributed by atoms with Gasteiger partial charge in [-0.15, -0.1) is 10.2 Å². The van der Waals surface area contributed by atoms with Crippen molar-refractivity contribution in [1.82, 2.24) is 4.57 Å². The lowest BCUT2D eigenvalue weighted by Crippen LogP contribution is -2.06. The molecule has 0 fully saturated rings. The Kier molecular flexibility index (Phi) is 5.35. The number of hydrogen-bond donors (Lipinski definition) is 2. The number of nitrogens with zero attached hydrogens (tertiary/aromatic N) is 3. The van der Waals surface area contributed by atoms with Crippen molar-refractivity contribution in [2.45, 2.75) is 13.5 Å². The normalized spacial score (nSPS) is 11.2. The molecule has 144 valence electrons. The van der Waals surface area contributed by atoms with E-state index >= 15 is 0 Å². The van der Waals surface area contributed by atoms with Gasteiger partial charge in [0.15, 0.2) is 5.69 Å². The average molecular weight is 401 g/mol. The molecule has 1 heterocycles. The second-order valence-electron chi connectivity index (χ2n) is 6.71. The SMILES string of the molecule is Cc1ccccc1NC(=S)N=Nc1c(O)n(Cc2ccccc2)c2ccccc12. The lowest BCUT2D eigenvalue weighted by molar-refractivity contribution is 0.429. The number of rotatable bonds is 4. The highest BCUT2D eigenvalue weighted by molar-refractivity contribution is 7.80. The lowest BCUT2D eigenvalue weighted by atomic mass is 10.2. The standard InChI is InChI=1S/C23H20N4OS/c1-16-9-5-7-13-19(16)24-23(29)26-25-21-18-12-6-8-14-20(18)27(22(21)28)15-17-10-3-2-4-11-17/h2-14,28H,15H2,1H3,(H,24,29). The number of nitrogens with one attached hydrogen (secondary N) is 1. The van der Waals surface area contributed by atoms with Gasteiger partial charge in [-0.2, -0.15) is 0 Å². The fourth-order valence-corrected chi connectivity index (χ4v) is 3.40. The van der Waals surface area contributed by atoms with E-state index in [0.29, 0.717) is 12.2 Å². The van der Waals surface area contributed by atoms with Crippen LogP contribution in [0.25, 0.3) is 10.9 Å². The summed E-state index contributed by atoms with van der Waals surface area (Å²) >= 11 is 5.31. The smallest absolute Gasteiger partial charge is 0.221 e. The van der Waals surface area contributed by atoms with Gasteiger partial charge in [0.25, 0.3) is 0 Å². The Hall–Kier alpha value is -3.51. The molecule has 3 aromatic carbocycles. The van der Waals surface area contributed by atoms with E-state index in [1.54, 1.807) is 0 Å². The fraction of sp³-hybridized carbons (Fsp3) is 0.0870. The molecule has 6 heteroatoms. The molecule has 0 aliphatic rings. The number of para-hydroxylation sites is 2. The van der Waals surface area contributed by atoms with Crippen LogP contribution in [0.5, 0.6) is 5.88 Å². The molecule has 29 heavy (non-hydrogen) atoms. The summed E-state index contributed by atoms with van der Waals surface area (Å²) in [6.07, 6.45) is 0. The molecule has 0 amide bonds. The number of aryl methyl sites for hydroxylation is 1. The van der Waals surface area contributed by atoms with Gasteiger partial charge in [-0.3, -0.25) is 0 Å². The Morgan fingerprint density at radius 2 is 1.66 bits per heavy atom. The Labute approximate surface area is 174 Å². The molecule has 0 atom stereocenters. The van der Waals surface area contributed by atoms with Gasteiger partial charge in [-0.25, -0.2) is 0 Å². The minimum Gasteiger partial charge on any atom is -0.493 e. The van der Waals surface area contributed by atoms with Crippen LogP contribution in [0.3, 0.4) is 0 Å². The highest BCUT2D eigenvalue weighted by Crippen LogP contribution is 2.39. The zero-order valence-corrected chi connectivity index (χ0v) is 16.7. The third-order valence-electron chi connectivity index (χ3n) is 4.73. The zero-order chi connectivity index (χ0) is 20.2. The Morgan fingerprint density at radius 3 is 2.45 bits per heavy atom. The topological polar surface area (TPSA) is 61.9 Å². The van der Waals surface area contributed by atoms with Gasteiger partial charge in [-0.05, 0) is 42.4 Å². The number of fused-ring (bicyclic) bond motifs is 1. The maximum Gasteiger partial charge on any atom is 0.221 e. The zero-order valence-electron chi connectivity index (χ0n) is 15.9. The number of aromatic nitrogens is 1. The molecule has 0 radical (unpaired) electrons. The van der Waals surface area contributed by atoms with E-state index in [4.69, 9.17) is 12.2 Å². The van der Waals surface area contributed by atoms with Crippen molar-refractivity contribution >= 4 is 39.6 Å². The Bertz CT molecular complexity index is 1200. The highest BCUT2D eigenvalue weighted by Gasteiger charge is 2.16. The van der Waals surface area contributed by atoms with Crippen LogP contribution in [0, 0.1) is 6.92 Å². The molecule has 4 aromatic rings. The van der Waals surface area contributed by atoms with E-state index in [1.165, 1.54) is 0 Å². The van der Waals surface area contributed by atoms with Crippen LogP contribution in [-0.4, -0.2) is 14.8 Å². The number of benzene rings is 3. The summed E-state index contributed by atoms with van der Waals surface area (Å²) in [5.74, 6) is 0.0671. The minimum atomic E-state index is 0.0671. The van der Waals surface area contributed by atoms with Gasteiger partial charge in [0, 0.05) is 11.1 Å². The molecule has 0 saturated heterocycles. The first kappa shape index (κ1) is 18.8. The van der Waals surface area contributed by atoms with Crippen molar-refractivity contribution in [3.8, 4) is 5.88 Å². The van der Waals surface area contributed by atoms with Gasteiger partial charge in [0.1, 0.15) is 0 Å². The summed E-state index contributed by atoms with van der Waals surface area (Å²) in [4.78, 5) is 0. The van der Waals surface area contributed by atoms with E-state index in [1.807, 2.05) is 90.4 Å². The van der Waals surface area contributed by atoms with Gasteiger partial charge in [0.05, 0.1) is 12.1 Å². The molecule has 2 N–H and O–H groups in total. The molecule has 5 nitrogen and oxygen atoms in total. The lowest BCUT2D eigenvalue weighted by Gasteiger charge is -2.07. The van der Waals surface area contributed by atoms with Crippen molar-refractivity contribution in [1.29, 1.82) is 0 Å². The van der Waals surface area contributed by atoms with E-state index in [2.05, 4.69) is 15.5 Å². The van der Waals surface area contributed by atoms with Crippen LogP contribution in [-0.2, 0) is 6.54 Å². The molecular formula is C23H20N4OS. The van der Waals surface area contributed by atoms with Crippen LogP contribution in [0.2, 0.25) is 0 Å². The molecule has 1 aromatic heterocycles. The van der Waals surface area contributed by atoms with E-state index in [0.717, 1.165) is 27.7 Å². The molecule has 0 unspecified atom stereocenters.